The Hall–Kier alpha value is -5.16. The first-order valence-corrected chi connectivity index (χ1v) is 12.8. The van der Waals surface area contributed by atoms with Crippen LogP contribution in [-0.4, -0.2) is 47.0 Å². The summed E-state index contributed by atoms with van der Waals surface area (Å²) in [5, 5.41) is 82.6. The number of rotatable bonds is 2. The fourth-order valence-electron chi connectivity index (χ4n) is 6.01. The predicted octanol–water partition coefficient (Wildman–Crippen LogP) is 3.82. The maximum Gasteiger partial charge on any atom is 0.279 e. The van der Waals surface area contributed by atoms with Gasteiger partial charge in [-0.15, -0.1) is 0 Å². The molecular formula is C30H24O11. The quantitative estimate of drug-likeness (QED) is 0.166. The number of ether oxygens (including phenoxy) is 3. The van der Waals surface area contributed by atoms with Crippen LogP contribution in [0.5, 0.6) is 57.5 Å². The summed E-state index contributed by atoms with van der Waals surface area (Å²) in [4.78, 5) is 0. The number of aliphatic hydroxyl groups excluding tert-OH is 1. The van der Waals surface area contributed by atoms with Crippen LogP contribution in [-0.2, 0) is 12.2 Å². The van der Waals surface area contributed by atoms with Crippen molar-refractivity contribution in [3.05, 3.63) is 82.4 Å². The zero-order valence-electron chi connectivity index (χ0n) is 21.1. The second-order valence-corrected chi connectivity index (χ2v) is 10.5. The Morgan fingerprint density at radius 3 is 2.17 bits per heavy atom. The van der Waals surface area contributed by atoms with Crippen LogP contribution in [0, 0.1) is 0 Å². The average molecular weight is 561 g/mol. The molecule has 3 aliphatic rings. The van der Waals surface area contributed by atoms with E-state index in [1.807, 2.05) is 0 Å². The molecule has 0 amide bonds. The normalized spacial score (nSPS) is 23.7. The van der Waals surface area contributed by atoms with Crippen LogP contribution in [0.2, 0.25) is 0 Å². The number of fused-ring (bicyclic) bond motifs is 8. The summed E-state index contributed by atoms with van der Waals surface area (Å²) in [6.07, 6.45) is -2.00. The fraction of sp³-hybridized carbons (Fsp3) is 0.200. The van der Waals surface area contributed by atoms with E-state index in [4.69, 9.17) is 14.2 Å². The molecule has 0 radical (unpaired) electrons. The first kappa shape index (κ1) is 24.9. The number of hydrogen-bond acceptors (Lipinski definition) is 11. The van der Waals surface area contributed by atoms with Gasteiger partial charge in [-0.05, 0) is 48.0 Å². The van der Waals surface area contributed by atoms with Gasteiger partial charge in [-0.1, -0.05) is 6.07 Å². The van der Waals surface area contributed by atoms with Gasteiger partial charge in [0.2, 0.25) is 0 Å². The fourth-order valence-corrected chi connectivity index (χ4v) is 6.01. The molecule has 3 heterocycles. The van der Waals surface area contributed by atoms with Gasteiger partial charge < -0.3 is 55.1 Å². The lowest BCUT2D eigenvalue weighted by Crippen LogP contribution is -2.47. The highest BCUT2D eigenvalue weighted by Gasteiger charge is 2.52. The van der Waals surface area contributed by atoms with E-state index in [1.165, 1.54) is 48.5 Å². The Kier molecular flexibility index (Phi) is 5.10. The molecule has 4 aromatic carbocycles. The summed E-state index contributed by atoms with van der Waals surface area (Å²) in [5.74, 6) is -4.28. The molecular weight excluding hydrogens is 536 g/mol. The summed E-state index contributed by atoms with van der Waals surface area (Å²) >= 11 is 0. The van der Waals surface area contributed by atoms with Crippen molar-refractivity contribution in [3.8, 4) is 57.5 Å². The lowest BCUT2D eigenvalue weighted by molar-refractivity contribution is -0.149. The number of aromatic hydroxyl groups is 7. The maximum atomic E-state index is 11.0. The second kappa shape index (κ2) is 8.42. The molecule has 0 aromatic heterocycles. The van der Waals surface area contributed by atoms with Crippen molar-refractivity contribution in [3.63, 3.8) is 0 Å². The molecule has 8 N–H and O–H groups in total. The van der Waals surface area contributed by atoms with Crippen LogP contribution in [0.4, 0.5) is 0 Å². The topological polar surface area (TPSA) is 190 Å². The highest BCUT2D eigenvalue weighted by atomic mass is 16.7. The van der Waals surface area contributed by atoms with E-state index in [2.05, 4.69) is 0 Å². The Morgan fingerprint density at radius 1 is 0.707 bits per heavy atom. The summed E-state index contributed by atoms with van der Waals surface area (Å²) in [6.45, 7) is 0. The number of aliphatic hydroxyl groups is 1. The first-order valence-electron chi connectivity index (χ1n) is 12.8. The second-order valence-electron chi connectivity index (χ2n) is 10.5. The number of benzene rings is 4. The van der Waals surface area contributed by atoms with Crippen molar-refractivity contribution in [2.45, 2.75) is 36.8 Å². The SMILES string of the molecule is Oc1ccc2c(c1)C1CC(c3cc(O)c(O)c(O)c3)(O2)Oc2cc(O)c3c(c21)O[C@H](c1ccc(O)c(O)c1)[C@@H](O)C3. The highest BCUT2D eigenvalue weighted by Crippen LogP contribution is 2.61. The molecule has 0 fully saturated rings. The van der Waals surface area contributed by atoms with Gasteiger partial charge in [0, 0.05) is 47.1 Å². The molecule has 11 heteroatoms. The lowest BCUT2D eigenvalue weighted by Gasteiger charge is -2.47. The molecule has 4 atom stereocenters. The van der Waals surface area contributed by atoms with Crippen LogP contribution >= 0.6 is 0 Å². The smallest absolute Gasteiger partial charge is 0.279 e. The van der Waals surface area contributed by atoms with Crippen LogP contribution < -0.4 is 14.2 Å². The molecule has 0 saturated heterocycles. The minimum atomic E-state index is -1.62. The molecule has 2 bridgehead atoms. The average Bonchev–Trinajstić information content (AvgIpc) is 2.93. The molecule has 0 spiro atoms. The van der Waals surface area contributed by atoms with Crippen molar-refractivity contribution in [1.82, 2.24) is 0 Å². The molecule has 11 nitrogen and oxygen atoms in total. The molecule has 3 aliphatic heterocycles. The van der Waals surface area contributed by atoms with Crippen molar-refractivity contribution < 1.29 is 55.1 Å². The van der Waals surface area contributed by atoms with Crippen molar-refractivity contribution in [1.29, 1.82) is 0 Å². The van der Waals surface area contributed by atoms with Gasteiger partial charge in [0.05, 0.1) is 6.10 Å². The third-order valence-electron chi connectivity index (χ3n) is 7.95. The zero-order valence-corrected chi connectivity index (χ0v) is 21.1. The van der Waals surface area contributed by atoms with Crippen LogP contribution in [0.1, 0.15) is 46.3 Å². The summed E-state index contributed by atoms with van der Waals surface area (Å²) in [7, 11) is 0. The van der Waals surface area contributed by atoms with E-state index >= 15 is 0 Å². The Labute approximate surface area is 231 Å². The largest absolute Gasteiger partial charge is 0.508 e. The molecule has 7 rings (SSSR count). The standard InChI is InChI=1S/C30H24O11/c31-14-2-4-24-15(8-14)17-11-30(40-24,13-6-21(35)27(38)22(36)7-13)41-25-10-19(33)16-9-23(37)28(39-29(16)26(17)25)12-1-3-18(32)20(34)5-12/h1-8,10,17,23,28,31-38H,9,11H2/t17?,23-,28+,30?/m0/s1. The van der Waals surface area contributed by atoms with Crippen LogP contribution in [0.15, 0.2) is 54.6 Å². The Morgan fingerprint density at radius 2 is 1.44 bits per heavy atom. The molecule has 4 aromatic rings. The third-order valence-corrected chi connectivity index (χ3v) is 7.95. The Bertz CT molecular complexity index is 1730. The highest BCUT2D eigenvalue weighted by molar-refractivity contribution is 5.65. The van der Waals surface area contributed by atoms with Crippen molar-refractivity contribution >= 4 is 0 Å². The van der Waals surface area contributed by atoms with Gasteiger partial charge in [0.1, 0.15) is 34.9 Å². The molecule has 41 heavy (non-hydrogen) atoms. The minimum absolute atomic E-state index is 0.00170. The first-order chi connectivity index (χ1) is 19.5. The number of hydrogen-bond donors (Lipinski definition) is 8. The van der Waals surface area contributed by atoms with E-state index in [0.29, 0.717) is 28.0 Å². The van der Waals surface area contributed by atoms with E-state index in [1.54, 1.807) is 6.07 Å². The van der Waals surface area contributed by atoms with Crippen LogP contribution in [0.25, 0.3) is 0 Å². The monoisotopic (exact) mass is 560 g/mol. The lowest BCUT2D eigenvalue weighted by atomic mass is 9.76. The van der Waals surface area contributed by atoms with Gasteiger partial charge in [-0.2, -0.15) is 0 Å². The van der Waals surface area contributed by atoms with Gasteiger partial charge in [-0.3, -0.25) is 0 Å². The van der Waals surface area contributed by atoms with Crippen LogP contribution in [0.3, 0.4) is 0 Å². The van der Waals surface area contributed by atoms with Gasteiger partial charge in [0.15, 0.2) is 28.7 Å². The Balaban J connectivity index is 1.43. The number of phenols is 7. The van der Waals surface area contributed by atoms with E-state index in [9.17, 15) is 40.9 Å². The molecule has 0 aliphatic carbocycles. The maximum absolute atomic E-state index is 11.0. The minimum Gasteiger partial charge on any atom is -0.508 e. The van der Waals surface area contributed by atoms with E-state index in [0.717, 1.165) is 0 Å². The van der Waals surface area contributed by atoms with Crippen molar-refractivity contribution in [2.75, 3.05) is 0 Å². The van der Waals surface area contributed by atoms with Gasteiger partial charge in [-0.25, -0.2) is 0 Å². The third kappa shape index (κ3) is 3.62. The molecule has 2 unspecified atom stereocenters. The summed E-state index contributed by atoms with van der Waals surface area (Å²) < 4.78 is 19.0. The molecule has 210 valence electrons. The number of phenolic OH excluding ortho intramolecular Hbond substituents is 7. The zero-order chi connectivity index (χ0) is 28.8. The van der Waals surface area contributed by atoms with Gasteiger partial charge >= 0.3 is 0 Å². The molecule has 0 saturated carbocycles. The van der Waals surface area contributed by atoms with Crippen molar-refractivity contribution in [2.24, 2.45) is 0 Å². The summed E-state index contributed by atoms with van der Waals surface area (Å²) in [6, 6.07) is 12.4. The van der Waals surface area contributed by atoms with E-state index in [-0.39, 0.29) is 52.9 Å². The summed E-state index contributed by atoms with van der Waals surface area (Å²) in [5.41, 5.74) is 2.00. The van der Waals surface area contributed by atoms with Gasteiger partial charge in [0.25, 0.3) is 5.79 Å². The van der Waals surface area contributed by atoms with E-state index < -0.39 is 41.2 Å². The predicted molar refractivity (Wildman–Crippen MR) is 140 cm³/mol.